The summed E-state index contributed by atoms with van der Waals surface area (Å²) < 4.78 is 5.78. The van der Waals surface area contributed by atoms with Gasteiger partial charge in [0.2, 0.25) is 0 Å². The first-order valence-corrected chi connectivity index (χ1v) is 7.00. The van der Waals surface area contributed by atoms with E-state index in [1.165, 1.54) is 0 Å². The van der Waals surface area contributed by atoms with Gasteiger partial charge in [-0.15, -0.1) is 0 Å². The van der Waals surface area contributed by atoms with E-state index < -0.39 is 6.10 Å². The Balaban J connectivity index is 2.75. The molecule has 0 saturated heterocycles. The van der Waals surface area contributed by atoms with E-state index in [0.717, 1.165) is 22.4 Å². The van der Waals surface area contributed by atoms with E-state index in [1.54, 1.807) is 6.92 Å². The van der Waals surface area contributed by atoms with Crippen LogP contribution >= 0.6 is 0 Å². The molecule has 1 amide bonds. The number of hydrogen-bond donors (Lipinski definition) is 2. The van der Waals surface area contributed by atoms with Crippen LogP contribution in [0.1, 0.15) is 37.5 Å². The van der Waals surface area contributed by atoms with E-state index in [1.807, 2.05) is 39.8 Å². The van der Waals surface area contributed by atoms with Crippen LogP contribution < -0.4 is 10.1 Å². The first-order chi connectivity index (χ1) is 9.35. The summed E-state index contributed by atoms with van der Waals surface area (Å²) in [7, 11) is 0. The molecule has 112 valence electrons. The lowest BCUT2D eigenvalue weighted by Gasteiger charge is -2.19. The highest BCUT2D eigenvalue weighted by Gasteiger charge is 2.17. The van der Waals surface area contributed by atoms with Crippen LogP contribution in [0.3, 0.4) is 0 Å². The molecule has 20 heavy (non-hydrogen) atoms. The molecule has 1 unspecified atom stereocenters. The first-order valence-electron chi connectivity index (χ1n) is 7.00. The topological polar surface area (TPSA) is 58.6 Å². The Morgan fingerprint density at radius 2 is 1.80 bits per heavy atom. The van der Waals surface area contributed by atoms with Gasteiger partial charge in [0.1, 0.15) is 5.75 Å². The van der Waals surface area contributed by atoms with Crippen molar-refractivity contribution >= 4 is 5.91 Å². The molecular weight excluding hydrogens is 254 g/mol. The molecule has 0 bridgehead atoms. The van der Waals surface area contributed by atoms with Gasteiger partial charge < -0.3 is 15.2 Å². The van der Waals surface area contributed by atoms with Gasteiger partial charge in [-0.05, 0) is 43.4 Å². The van der Waals surface area contributed by atoms with E-state index in [9.17, 15) is 4.79 Å². The normalized spacial score (nSPS) is 12.3. The zero-order valence-corrected chi connectivity index (χ0v) is 13.0. The molecule has 0 spiro atoms. The maximum Gasteiger partial charge on any atom is 0.260 e. The molecule has 0 aromatic heterocycles. The molecule has 0 aliphatic heterocycles. The van der Waals surface area contributed by atoms with Crippen molar-refractivity contribution in [3.63, 3.8) is 0 Å². The van der Waals surface area contributed by atoms with Gasteiger partial charge in [-0.25, -0.2) is 0 Å². The van der Waals surface area contributed by atoms with Crippen LogP contribution in [0.15, 0.2) is 12.1 Å². The van der Waals surface area contributed by atoms with E-state index in [0.29, 0.717) is 12.5 Å². The highest BCUT2D eigenvalue weighted by Crippen LogP contribution is 2.26. The number of ether oxygens (including phenoxy) is 1. The molecule has 1 aromatic carbocycles. The fourth-order valence-corrected chi connectivity index (χ4v) is 2.00. The van der Waals surface area contributed by atoms with Crippen molar-refractivity contribution < 1.29 is 14.6 Å². The van der Waals surface area contributed by atoms with Crippen molar-refractivity contribution in [1.29, 1.82) is 0 Å². The van der Waals surface area contributed by atoms with Gasteiger partial charge >= 0.3 is 0 Å². The van der Waals surface area contributed by atoms with Gasteiger partial charge in [-0.1, -0.05) is 26.0 Å². The number of benzene rings is 1. The van der Waals surface area contributed by atoms with Crippen molar-refractivity contribution in [2.24, 2.45) is 5.92 Å². The van der Waals surface area contributed by atoms with Gasteiger partial charge in [0.05, 0.1) is 6.61 Å². The number of amides is 1. The van der Waals surface area contributed by atoms with Crippen molar-refractivity contribution in [2.75, 3.05) is 6.54 Å². The average Bonchev–Trinajstić information content (AvgIpc) is 2.39. The van der Waals surface area contributed by atoms with Crippen LogP contribution in [0.4, 0.5) is 0 Å². The second kappa shape index (κ2) is 7.29. The number of carbonyl (C=O) groups excluding carboxylic acids is 1. The standard InChI is InChI=1S/C16H25NO3/c1-10(2)8-17-16(19)13(5)20-15-11(3)6-14(9-18)7-12(15)4/h6-7,10,13,18H,8-9H2,1-5H3,(H,17,19). The summed E-state index contributed by atoms with van der Waals surface area (Å²) in [6.45, 7) is 10.3. The largest absolute Gasteiger partial charge is 0.480 e. The third-order valence-electron chi connectivity index (χ3n) is 3.05. The highest BCUT2D eigenvalue weighted by atomic mass is 16.5. The Morgan fingerprint density at radius 3 is 2.25 bits per heavy atom. The summed E-state index contributed by atoms with van der Waals surface area (Å²) in [6.07, 6.45) is -0.536. The van der Waals surface area contributed by atoms with Crippen LogP contribution in [0.25, 0.3) is 0 Å². The van der Waals surface area contributed by atoms with Gasteiger partial charge in [0.15, 0.2) is 6.10 Å². The summed E-state index contributed by atoms with van der Waals surface area (Å²) in [5.74, 6) is 1.02. The molecule has 0 aliphatic carbocycles. The maximum atomic E-state index is 11.9. The minimum absolute atomic E-state index is 0.00634. The molecule has 2 N–H and O–H groups in total. The predicted molar refractivity (Wildman–Crippen MR) is 79.8 cm³/mol. The minimum Gasteiger partial charge on any atom is -0.480 e. The molecule has 0 fully saturated rings. The number of carbonyl (C=O) groups is 1. The molecule has 0 radical (unpaired) electrons. The number of nitrogens with one attached hydrogen (secondary N) is 1. The molecule has 0 aliphatic rings. The lowest BCUT2D eigenvalue weighted by Crippen LogP contribution is -2.38. The summed E-state index contributed by atoms with van der Waals surface area (Å²) in [6, 6.07) is 3.75. The van der Waals surface area contributed by atoms with Crippen LogP contribution in [0, 0.1) is 19.8 Å². The lowest BCUT2D eigenvalue weighted by atomic mass is 10.1. The zero-order valence-electron chi connectivity index (χ0n) is 13.0. The lowest BCUT2D eigenvalue weighted by molar-refractivity contribution is -0.127. The van der Waals surface area contributed by atoms with Gasteiger partial charge in [-0.3, -0.25) is 4.79 Å². The highest BCUT2D eigenvalue weighted by molar-refractivity contribution is 5.80. The fraction of sp³-hybridized carbons (Fsp3) is 0.562. The molecule has 1 atom stereocenters. The zero-order chi connectivity index (χ0) is 15.3. The number of aliphatic hydroxyl groups excluding tert-OH is 1. The van der Waals surface area contributed by atoms with Gasteiger partial charge in [-0.2, -0.15) is 0 Å². The predicted octanol–water partition coefficient (Wildman–Crippen LogP) is 2.34. The number of hydrogen-bond acceptors (Lipinski definition) is 3. The van der Waals surface area contributed by atoms with Gasteiger partial charge in [0, 0.05) is 6.54 Å². The molecule has 0 saturated carbocycles. The Bertz CT molecular complexity index is 446. The Morgan fingerprint density at radius 1 is 1.25 bits per heavy atom. The van der Waals surface area contributed by atoms with E-state index >= 15 is 0 Å². The summed E-state index contributed by atoms with van der Waals surface area (Å²) in [4.78, 5) is 11.9. The molecule has 0 heterocycles. The molecular formula is C16H25NO3. The van der Waals surface area contributed by atoms with E-state index in [-0.39, 0.29) is 12.5 Å². The smallest absolute Gasteiger partial charge is 0.260 e. The van der Waals surface area contributed by atoms with Crippen LogP contribution in [0.2, 0.25) is 0 Å². The Labute approximate surface area is 121 Å². The summed E-state index contributed by atoms with van der Waals surface area (Å²) >= 11 is 0. The molecule has 4 heteroatoms. The number of aryl methyl sites for hydroxylation is 2. The van der Waals surface area contributed by atoms with Crippen LogP contribution in [-0.2, 0) is 11.4 Å². The summed E-state index contributed by atoms with van der Waals surface area (Å²) in [5, 5.41) is 12.0. The van der Waals surface area contributed by atoms with Crippen molar-refractivity contribution in [3.05, 3.63) is 28.8 Å². The Hall–Kier alpha value is -1.55. The SMILES string of the molecule is Cc1cc(CO)cc(C)c1OC(C)C(=O)NCC(C)C. The van der Waals surface area contributed by atoms with E-state index in [2.05, 4.69) is 5.32 Å². The second-order valence-corrected chi connectivity index (χ2v) is 5.62. The number of rotatable bonds is 6. The molecule has 4 nitrogen and oxygen atoms in total. The third kappa shape index (κ3) is 4.53. The molecule has 1 aromatic rings. The Kier molecular flexibility index (Phi) is 6.02. The first kappa shape index (κ1) is 16.5. The molecule has 1 rings (SSSR count). The maximum absolute atomic E-state index is 11.9. The quantitative estimate of drug-likeness (QED) is 0.840. The van der Waals surface area contributed by atoms with Gasteiger partial charge in [0.25, 0.3) is 5.91 Å². The van der Waals surface area contributed by atoms with Crippen LogP contribution in [0.5, 0.6) is 5.75 Å². The summed E-state index contributed by atoms with van der Waals surface area (Å²) in [5.41, 5.74) is 2.71. The second-order valence-electron chi connectivity index (χ2n) is 5.62. The van der Waals surface area contributed by atoms with Crippen molar-refractivity contribution in [1.82, 2.24) is 5.32 Å². The van der Waals surface area contributed by atoms with Crippen LogP contribution in [-0.4, -0.2) is 23.7 Å². The monoisotopic (exact) mass is 279 g/mol. The average molecular weight is 279 g/mol. The minimum atomic E-state index is -0.536. The van der Waals surface area contributed by atoms with E-state index in [4.69, 9.17) is 9.84 Å². The van der Waals surface area contributed by atoms with Crippen molar-refractivity contribution in [2.45, 2.75) is 47.3 Å². The fourth-order valence-electron chi connectivity index (χ4n) is 2.00. The van der Waals surface area contributed by atoms with Crippen molar-refractivity contribution in [3.8, 4) is 5.75 Å². The number of aliphatic hydroxyl groups is 1. The third-order valence-corrected chi connectivity index (χ3v) is 3.05.